The number of rotatable bonds is 8. The first-order chi connectivity index (χ1) is 14.5. The minimum atomic E-state index is -0.414. The number of esters is 2. The first-order valence-corrected chi connectivity index (χ1v) is 9.75. The number of methoxy groups -OCH3 is 2. The highest BCUT2D eigenvalue weighted by atomic mass is 16.5. The molecule has 2 aromatic carbocycles. The summed E-state index contributed by atoms with van der Waals surface area (Å²) in [5.41, 5.74) is 10.1. The second-order valence-electron chi connectivity index (χ2n) is 6.87. The quantitative estimate of drug-likeness (QED) is 0.451. The third-order valence-electron chi connectivity index (χ3n) is 4.94. The minimum absolute atomic E-state index is 0.226. The molecule has 3 rings (SSSR count). The Morgan fingerprint density at radius 2 is 1.87 bits per heavy atom. The molecule has 158 valence electrons. The first-order valence-electron chi connectivity index (χ1n) is 9.75. The normalized spacial score (nSPS) is 10.8. The second-order valence-corrected chi connectivity index (χ2v) is 6.87. The van der Waals surface area contributed by atoms with Gasteiger partial charge in [0, 0.05) is 35.8 Å². The molecule has 3 aromatic rings. The van der Waals surface area contributed by atoms with Crippen LogP contribution in [0.5, 0.6) is 5.75 Å². The molecule has 0 fully saturated rings. The van der Waals surface area contributed by atoms with Crippen molar-refractivity contribution in [2.24, 2.45) is 0 Å². The SMILES string of the molecule is CCOC(=O)CCn1cc(Cc2ccc(C(=O)OC)cc2OC)c2cc(N)ccc21. The highest BCUT2D eigenvalue weighted by molar-refractivity contribution is 5.90. The number of fused-ring (bicyclic) bond motifs is 1. The van der Waals surface area contributed by atoms with Crippen molar-refractivity contribution in [2.75, 3.05) is 26.6 Å². The zero-order valence-corrected chi connectivity index (χ0v) is 17.4. The largest absolute Gasteiger partial charge is 0.496 e. The molecule has 0 saturated heterocycles. The van der Waals surface area contributed by atoms with E-state index in [1.165, 1.54) is 7.11 Å². The van der Waals surface area contributed by atoms with Gasteiger partial charge in [0.2, 0.25) is 0 Å². The van der Waals surface area contributed by atoms with Gasteiger partial charge in [-0.2, -0.15) is 0 Å². The van der Waals surface area contributed by atoms with Gasteiger partial charge in [-0.3, -0.25) is 4.79 Å². The third-order valence-corrected chi connectivity index (χ3v) is 4.94. The number of aromatic nitrogens is 1. The van der Waals surface area contributed by atoms with Gasteiger partial charge in [-0.15, -0.1) is 0 Å². The van der Waals surface area contributed by atoms with E-state index in [1.807, 2.05) is 35.0 Å². The Morgan fingerprint density at radius 1 is 1.07 bits per heavy atom. The number of anilines is 1. The van der Waals surface area contributed by atoms with Crippen molar-refractivity contribution >= 4 is 28.5 Å². The molecule has 1 heterocycles. The maximum absolute atomic E-state index is 11.8. The molecular weight excluding hydrogens is 384 g/mol. The van der Waals surface area contributed by atoms with E-state index >= 15 is 0 Å². The van der Waals surface area contributed by atoms with E-state index in [0.717, 1.165) is 22.0 Å². The molecule has 0 amide bonds. The van der Waals surface area contributed by atoms with Gasteiger partial charge in [0.25, 0.3) is 0 Å². The average Bonchev–Trinajstić information content (AvgIpc) is 3.08. The molecule has 0 atom stereocenters. The topological polar surface area (TPSA) is 92.8 Å². The number of carbonyl (C=O) groups is 2. The van der Waals surface area contributed by atoms with Gasteiger partial charge in [-0.05, 0) is 48.4 Å². The molecule has 2 N–H and O–H groups in total. The Labute approximate surface area is 175 Å². The summed E-state index contributed by atoms with van der Waals surface area (Å²) in [5, 5.41) is 1.01. The number of hydrogen-bond donors (Lipinski definition) is 1. The van der Waals surface area contributed by atoms with E-state index in [9.17, 15) is 9.59 Å². The van der Waals surface area contributed by atoms with Gasteiger partial charge in [0.1, 0.15) is 5.75 Å². The standard InChI is InChI=1S/C23H26N2O5/c1-4-30-22(26)9-10-25-14-17(19-13-18(24)7-8-20(19)25)11-15-5-6-16(23(27)29-3)12-21(15)28-2/h5-8,12-14H,4,9-11,24H2,1-3H3. The van der Waals surface area contributed by atoms with Gasteiger partial charge in [-0.25, -0.2) is 4.79 Å². The van der Waals surface area contributed by atoms with E-state index in [4.69, 9.17) is 19.9 Å². The van der Waals surface area contributed by atoms with Gasteiger partial charge >= 0.3 is 11.9 Å². The molecule has 0 aliphatic heterocycles. The molecule has 0 aliphatic rings. The van der Waals surface area contributed by atoms with Crippen molar-refractivity contribution in [3.63, 3.8) is 0 Å². The van der Waals surface area contributed by atoms with Crippen LogP contribution in [0.2, 0.25) is 0 Å². The van der Waals surface area contributed by atoms with Crippen LogP contribution in [0.15, 0.2) is 42.6 Å². The molecule has 0 radical (unpaired) electrons. The van der Waals surface area contributed by atoms with Gasteiger partial charge < -0.3 is 24.5 Å². The van der Waals surface area contributed by atoms with Crippen LogP contribution in [0.1, 0.15) is 34.8 Å². The predicted molar refractivity (Wildman–Crippen MR) is 115 cm³/mol. The summed E-state index contributed by atoms with van der Waals surface area (Å²) in [4.78, 5) is 23.6. The fourth-order valence-electron chi connectivity index (χ4n) is 3.50. The minimum Gasteiger partial charge on any atom is -0.496 e. The van der Waals surface area contributed by atoms with Crippen LogP contribution < -0.4 is 10.5 Å². The van der Waals surface area contributed by atoms with Crippen molar-refractivity contribution in [2.45, 2.75) is 26.3 Å². The summed E-state index contributed by atoms with van der Waals surface area (Å²) in [7, 11) is 2.92. The zero-order chi connectivity index (χ0) is 21.7. The number of nitrogens with zero attached hydrogens (tertiary/aromatic N) is 1. The Hall–Kier alpha value is -3.48. The summed E-state index contributed by atoms with van der Waals surface area (Å²) in [6.07, 6.45) is 2.90. The number of aryl methyl sites for hydroxylation is 1. The Kier molecular flexibility index (Phi) is 6.61. The molecule has 7 heteroatoms. The van der Waals surface area contributed by atoms with Crippen LogP contribution in [-0.4, -0.2) is 37.3 Å². The van der Waals surface area contributed by atoms with Crippen molar-refractivity contribution in [1.29, 1.82) is 0 Å². The zero-order valence-electron chi connectivity index (χ0n) is 17.4. The Bertz CT molecular complexity index is 1070. The van der Waals surface area contributed by atoms with Crippen LogP contribution >= 0.6 is 0 Å². The first kappa shape index (κ1) is 21.2. The van der Waals surface area contributed by atoms with Gasteiger partial charge in [0.05, 0.1) is 32.8 Å². The highest BCUT2D eigenvalue weighted by Crippen LogP contribution is 2.30. The molecule has 0 unspecified atom stereocenters. The molecule has 0 bridgehead atoms. The van der Waals surface area contributed by atoms with Gasteiger partial charge in [0.15, 0.2) is 0 Å². The van der Waals surface area contributed by atoms with E-state index in [0.29, 0.717) is 43.0 Å². The smallest absolute Gasteiger partial charge is 0.337 e. The molecular formula is C23H26N2O5. The van der Waals surface area contributed by atoms with E-state index < -0.39 is 5.97 Å². The Balaban J connectivity index is 1.95. The fourth-order valence-corrected chi connectivity index (χ4v) is 3.50. The summed E-state index contributed by atoms with van der Waals surface area (Å²) in [6.45, 7) is 2.68. The molecule has 0 aliphatic carbocycles. The van der Waals surface area contributed by atoms with Crippen molar-refractivity contribution in [1.82, 2.24) is 4.57 Å². The number of carbonyl (C=O) groups excluding carboxylic acids is 2. The lowest BCUT2D eigenvalue weighted by Crippen LogP contribution is -2.08. The fraction of sp³-hybridized carbons (Fsp3) is 0.304. The number of ether oxygens (including phenoxy) is 3. The van der Waals surface area contributed by atoms with E-state index in [1.54, 1.807) is 26.2 Å². The van der Waals surface area contributed by atoms with Crippen molar-refractivity contribution in [3.8, 4) is 5.75 Å². The predicted octanol–water partition coefficient (Wildman–Crippen LogP) is 3.56. The number of nitrogen functional groups attached to an aromatic ring is 1. The van der Waals surface area contributed by atoms with Crippen molar-refractivity contribution in [3.05, 3.63) is 59.3 Å². The summed E-state index contributed by atoms with van der Waals surface area (Å²) in [5.74, 6) is -0.0335. The molecule has 0 spiro atoms. The van der Waals surface area contributed by atoms with Crippen LogP contribution in [-0.2, 0) is 27.2 Å². The summed E-state index contributed by atoms with van der Waals surface area (Å²) < 4.78 is 17.4. The van der Waals surface area contributed by atoms with Crippen molar-refractivity contribution < 1.29 is 23.8 Å². The molecule has 0 saturated carbocycles. The highest BCUT2D eigenvalue weighted by Gasteiger charge is 2.15. The van der Waals surface area contributed by atoms with Crippen LogP contribution in [0, 0.1) is 0 Å². The lowest BCUT2D eigenvalue weighted by atomic mass is 10.0. The monoisotopic (exact) mass is 410 g/mol. The lowest BCUT2D eigenvalue weighted by molar-refractivity contribution is -0.143. The van der Waals surface area contributed by atoms with Crippen LogP contribution in [0.4, 0.5) is 5.69 Å². The average molecular weight is 410 g/mol. The molecule has 1 aromatic heterocycles. The molecule has 7 nitrogen and oxygen atoms in total. The number of benzene rings is 2. The van der Waals surface area contributed by atoms with E-state index in [-0.39, 0.29) is 5.97 Å². The maximum Gasteiger partial charge on any atom is 0.337 e. The summed E-state index contributed by atoms with van der Waals surface area (Å²) in [6, 6.07) is 11.0. The Morgan fingerprint density at radius 3 is 2.57 bits per heavy atom. The second kappa shape index (κ2) is 9.35. The third kappa shape index (κ3) is 4.56. The maximum atomic E-state index is 11.8. The lowest BCUT2D eigenvalue weighted by Gasteiger charge is -2.10. The van der Waals surface area contributed by atoms with Crippen LogP contribution in [0.25, 0.3) is 10.9 Å². The molecule has 30 heavy (non-hydrogen) atoms. The van der Waals surface area contributed by atoms with E-state index in [2.05, 4.69) is 0 Å². The number of nitrogens with two attached hydrogens (primary N) is 1. The van der Waals surface area contributed by atoms with Gasteiger partial charge in [-0.1, -0.05) is 6.07 Å². The number of hydrogen-bond acceptors (Lipinski definition) is 6. The van der Waals surface area contributed by atoms with Crippen LogP contribution in [0.3, 0.4) is 0 Å². The summed E-state index contributed by atoms with van der Waals surface area (Å²) >= 11 is 0.